The number of carboxylic acid groups (broad SMARTS) is 1. The van der Waals surface area contributed by atoms with Crippen LogP contribution >= 0.6 is 0 Å². The van der Waals surface area contributed by atoms with Crippen molar-refractivity contribution in [3.8, 4) is 0 Å². The van der Waals surface area contributed by atoms with Crippen LogP contribution in [0.1, 0.15) is 239 Å². The lowest BCUT2D eigenvalue weighted by Crippen LogP contribution is -2.14. The number of esters is 1. The molecule has 0 aliphatic carbocycles. The van der Waals surface area contributed by atoms with Gasteiger partial charge in [0.1, 0.15) is 0 Å². The molecule has 0 aromatic carbocycles. The van der Waals surface area contributed by atoms with Crippen LogP contribution in [0.25, 0.3) is 0 Å². The zero-order valence-electron chi connectivity index (χ0n) is 30.0. The molecule has 0 rings (SSSR count). The van der Waals surface area contributed by atoms with E-state index in [1.54, 1.807) is 0 Å². The maximum Gasteiger partial charge on any atom is 0.306 e. The van der Waals surface area contributed by atoms with E-state index in [1.165, 1.54) is 186 Å². The van der Waals surface area contributed by atoms with Gasteiger partial charge in [0, 0.05) is 12.8 Å². The summed E-state index contributed by atoms with van der Waals surface area (Å²) in [6, 6.07) is 0. The Morgan fingerprint density at radius 1 is 0.432 bits per heavy atom. The lowest BCUT2D eigenvalue weighted by Gasteiger charge is -2.13. The Balaban J connectivity index is 3.26. The van der Waals surface area contributed by atoms with Crippen molar-refractivity contribution >= 4 is 11.9 Å². The average molecular weight is 623 g/mol. The highest BCUT2D eigenvalue weighted by Gasteiger charge is 2.09. The van der Waals surface area contributed by atoms with Crippen LogP contribution in [0.15, 0.2) is 0 Å². The van der Waals surface area contributed by atoms with Gasteiger partial charge in [0.25, 0.3) is 0 Å². The molecule has 0 aliphatic heterocycles. The van der Waals surface area contributed by atoms with E-state index < -0.39 is 5.97 Å². The van der Waals surface area contributed by atoms with Crippen molar-refractivity contribution in [2.75, 3.05) is 0 Å². The Kier molecular flexibility index (Phi) is 35.5. The molecule has 1 unspecified atom stereocenters. The molecule has 0 aromatic rings. The van der Waals surface area contributed by atoms with Crippen LogP contribution in [0, 0.1) is 0 Å². The van der Waals surface area contributed by atoms with Gasteiger partial charge in [-0.1, -0.05) is 193 Å². The molecule has 262 valence electrons. The SMILES string of the molecule is CCCCCCCCCCCCCCCCCC(=O)OC(C)CCCCCCCCCCCCCCCCCCCC(=O)O. The first-order valence-electron chi connectivity index (χ1n) is 20.0. The van der Waals surface area contributed by atoms with Gasteiger partial charge in [-0.25, -0.2) is 0 Å². The van der Waals surface area contributed by atoms with E-state index in [0.717, 1.165) is 25.7 Å². The normalized spacial score (nSPS) is 12.0. The van der Waals surface area contributed by atoms with Crippen LogP contribution in [0.5, 0.6) is 0 Å². The predicted molar refractivity (Wildman–Crippen MR) is 190 cm³/mol. The van der Waals surface area contributed by atoms with Crippen molar-refractivity contribution < 1.29 is 19.4 Å². The second-order valence-electron chi connectivity index (χ2n) is 13.9. The second-order valence-corrected chi connectivity index (χ2v) is 13.9. The van der Waals surface area contributed by atoms with Crippen molar-refractivity contribution in [2.24, 2.45) is 0 Å². The highest BCUT2D eigenvalue weighted by Crippen LogP contribution is 2.17. The minimum atomic E-state index is -0.661. The molecule has 0 spiro atoms. The smallest absolute Gasteiger partial charge is 0.306 e. The summed E-state index contributed by atoms with van der Waals surface area (Å²) < 4.78 is 5.65. The molecule has 1 N–H and O–H groups in total. The van der Waals surface area contributed by atoms with E-state index in [1.807, 2.05) is 0 Å². The van der Waals surface area contributed by atoms with Crippen LogP contribution in [0.4, 0.5) is 0 Å². The van der Waals surface area contributed by atoms with Gasteiger partial charge in [-0.3, -0.25) is 9.59 Å². The molecule has 4 nitrogen and oxygen atoms in total. The monoisotopic (exact) mass is 623 g/mol. The topological polar surface area (TPSA) is 63.6 Å². The molecule has 0 saturated carbocycles. The van der Waals surface area contributed by atoms with Gasteiger partial charge in [0.15, 0.2) is 0 Å². The van der Waals surface area contributed by atoms with E-state index in [0.29, 0.717) is 12.8 Å². The zero-order chi connectivity index (χ0) is 32.2. The predicted octanol–water partition coefficient (Wildman–Crippen LogP) is 13.7. The molecule has 44 heavy (non-hydrogen) atoms. The fraction of sp³-hybridized carbons (Fsp3) is 0.950. The van der Waals surface area contributed by atoms with Gasteiger partial charge in [-0.15, -0.1) is 0 Å². The first-order valence-corrected chi connectivity index (χ1v) is 20.0. The number of ether oxygens (including phenoxy) is 1. The molecule has 0 radical (unpaired) electrons. The molecule has 0 saturated heterocycles. The van der Waals surface area contributed by atoms with Gasteiger partial charge in [0.05, 0.1) is 6.10 Å². The Morgan fingerprint density at radius 3 is 1.02 bits per heavy atom. The van der Waals surface area contributed by atoms with Crippen LogP contribution < -0.4 is 0 Å². The lowest BCUT2D eigenvalue weighted by molar-refractivity contribution is -0.148. The third-order valence-corrected chi connectivity index (χ3v) is 9.32. The van der Waals surface area contributed by atoms with Gasteiger partial charge >= 0.3 is 11.9 Å². The molecule has 0 aromatic heterocycles. The first-order chi connectivity index (χ1) is 21.6. The minimum absolute atomic E-state index is 0.0113. The highest BCUT2D eigenvalue weighted by atomic mass is 16.5. The van der Waals surface area contributed by atoms with Crippen molar-refractivity contribution in [1.82, 2.24) is 0 Å². The number of hydrogen-bond donors (Lipinski definition) is 1. The van der Waals surface area contributed by atoms with Gasteiger partial charge in [-0.2, -0.15) is 0 Å². The fourth-order valence-electron chi connectivity index (χ4n) is 6.34. The molecule has 0 bridgehead atoms. The quantitative estimate of drug-likeness (QED) is 0.0553. The largest absolute Gasteiger partial charge is 0.481 e. The molecule has 0 heterocycles. The molecule has 0 aliphatic rings. The summed E-state index contributed by atoms with van der Waals surface area (Å²) in [7, 11) is 0. The molecule has 0 fully saturated rings. The third-order valence-electron chi connectivity index (χ3n) is 9.32. The number of rotatable bonds is 37. The summed E-state index contributed by atoms with van der Waals surface area (Å²) in [6.45, 7) is 4.35. The highest BCUT2D eigenvalue weighted by molar-refractivity contribution is 5.69. The fourth-order valence-corrected chi connectivity index (χ4v) is 6.34. The standard InChI is InChI=1S/C40H78O4/c1-3-4-5-6-7-8-9-10-14-19-22-25-28-31-34-37-40(43)44-38(2)35-32-29-26-23-20-17-15-12-11-13-16-18-21-24-27-30-33-36-39(41)42/h38H,3-37H2,1-2H3,(H,41,42). The molecule has 0 amide bonds. The van der Waals surface area contributed by atoms with Crippen molar-refractivity contribution in [3.05, 3.63) is 0 Å². The van der Waals surface area contributed by atoms with Gasteiger partial charge in [-0.05, 0) is 32.6 Å². The van der Waals surface area contributed by atoms with Crippen molar-refractivity contribution in [3.63, 3.8) is 0 Å². The molecular weight excluding hydrogens is 544 g/mol. The summed E-state index contributed by atoms with van der Waals surface area (Å²) >= 11 is 0. The average Bonchev–Trinajstić information content (AvgIpc) is 3.00. The van der Waals surface area contributed by atoms with E-state index in [9.17, 15) is 9.59 Å². The Hall–Kier alpha value is -1.06. The Labute approximate surface area is 275 Å². The zero-order valence-corrected chi connectivity index (χ0v) is 30.0. The van der Waals surface area contributed by atoms with E-state index in [2.05, 4.69) is 13.8 Å². The lowest BCUT2D eigenvalue weighted by atomic mass is 10.0. The first kappa shape index (κ1) is 42.9. The Morgan fingerprint density at radius 2 is 0.705 bits per heavy atom. The van der Waals surface area contributed by atoms with Gasteiger partial charge < -0.3 is 9.84 Å². The van der Waals surface area contributed by atoms with E-state index in [4.69, 9.17) is 9.84 Å². The Bertz CT molecular complexity index is 590. The molecule has 4 heteroatoms. The van der Waals surface area contributed by atoms with Crippen LogP contribution in [0.3, 0.4) is 0 Å². The summed E-state index contributed by atoms with van der Waals surface area (Å²) in [5.74, 6) is -0.650. The van der Waals surface area contributed by atoms with E-state index in [-0.39, 0.29) is 12.1 Å². The third kappa shape index (κ3) is 37.1. The number of aliphatic carboxylic acids is 1. The van der Waals surface area contributed by atoms with Crippen LogP contribution in [0.2, 0.25) is 0 Å². The number of carbonyl (C=O) groups excluding carboxylic acids is 1. The number of hydrogen-bond acceptors (Lipinski definition) is 3. The van der Waals surface area contributed by atoms with Crippen LogP contribution in [-0.2, 0) is 14.3 Å². The summed E-state index contributed by atoms with van der Waals surface area (Å²) in [6.07, 6.45) is 44.0. The van der Waals surface area contributed by atoms with Crippen molar-refractivity contribution in [2.45, 2.75) is 245 Å². The maximum absolute atomic E-state index is 12.2. The summed E-state index contributed by atoms with van der Waals surface area (Å²) in [5, 5.41) is 8.64. The minimum Gasteiger partial charge on any atom is -0.481 e. The number of carboxylic acids is 1. The number of unbranched alkanes of at least 4 members (excludes halogenated alkanes) is 30. The summed E-state index contributed by atoms with van der Waals surface area (Å²) in [5.41, 5.74) is 0. The summed E-state index contributed by atoms with van der Waals surface area (Å²) in [4.78, 5) is 22.6. The van der Waals surface area contributed by atoms with Crippen molar-refractivity contribution in [1.29, 1.82) is 0 Å². The van der Waals surface area contributed by atoms with E-state index >= 15 is 0 Å². The maximum atomic E-state index is 12.2. The number of carbonyl (C=O) groups is 2. The van der Waals surface area contributed by atoms with Crippen LogP contribution in [-0.4, -0.2) is 23.1 Å². The van der Waals surface area contributed by atoms with Gasteiger partial charge in [0.2, 0.25) is 0 Å². The molecular formula is C40H78O4. The second kappa shape index (κ2) is 36.4. The molecule has 1 atom stereocenters.